The number of hydrogen-bond donors (Lipinski definition) is 2. The summed E-state index contributed by atoms with van der Waals surface area (Å²) >= 11 is 12.4. The first kappa shape index (κ1) is 27.6. The smallest absolute Gasteiger partial charge is 0.392 e. The molecule has 2 N–H and O–H groups in total. The zero-order chi connectivity index (χ0) is 27.3. The van der Waals surface area contributed by atoms with Crippen molar-refractivity contribution in [2.24, 2.45) is 0 Å². The minimum Gasteiger partial charge on any atom is -0.392 e. The summed E-state index contributed by atoms with van der Waals surface area (Å²) in [6.07, 6.45) is -5.14. The summed E-state index contributed by atoms with van der Waals surface area (Å²) in [5, 5.41) is 8.98. The molecule has 0 spiro atoms. The van der Waals surface area contributed by atoms with Crippen LogP contribution in [0, 0.1) is 0 Å². The van der Waals surface area contributed by atoms with E-state index >= 15 is 0 Å². The molecule has 1 aliphatic heterocycles. The highest BCUT2D eigenvalue weighted by atomic mass is 35.5. The third kappa shape index (κ3) is 5.44. The molecule has 1 unspecified atom stereocenters. The lowest BCUT2D eigenvalue weighted by atomic mass is 10.0. The lowest BCUT2D eigenvalue weighted by molar-refractivity contribution is -0.138. The van der Waals surface area contributed by atoms with Gasteiger partial charge in [0.15, 0.2) is 9.84 Å². The number of nitrogens with zero attached hydrogens (tertiary/aromatic N) is 2. The number of alkyl halides is 3. The number of rotatable bonds is 6. The van der Waals surface area contributed by atoms with Crippen molar-refractivity contribution in [2.75, 3.05) is 18.8 Å². The van der Waals surface area contributed by atoms with Gasteiger partial charge in [-0.25, -0.2) is 13.2 Å². The van der Waals surface area contributed by atoms with Crippen LogP contribution in [-0.2, 0) is 29.1 Å². The van der Waals surface area contributed by atoms with Crippen molar-refractivity contribution in [1.29, 1.82) is 0 Å². The number of aliphatic hydroxyl groups excluding tert-OH is 1. The maximum atomic E-state index is 14.0. The van der Waals surface area contributed by atoms with Gasteiger partial charge in [-0.05, 0) is 41.8 Å². The van der Waals surface area contributed by atoms with E-state index < -0.39 is 55.9 Å². The fourth-order valence-electron chi connectivity index (χ4n) is 4.43. The van der Waals surface area contributed by atoms with Gasteiger partial charge in [-0.2, -0.15) is 13.2 Å². The number of hydrogen-bond acceptors (Lipinski definition) is 6. The number of β-amino-alcohol motifs (C(OH)–C–C–N with tert-alkyl or cyclic N) is 1. The Balaban J connectivity index is 1.91. The average Bonchev–Trinajstić information content (AvgIpc) is 3.22. The van der Waals surface area contributed by atoms with Crippen LogP contribution in [0.1, 0.15) is 30.0 Å². The third-order valence-electron chi connectivity index (χ3n) is 6.32. The molecule has 37 heavy (non-hydrogen) atoms. The van der Waals surface area contributed by atoms with Gasteiger partial charge in [0.2, 0.25) is 0 Å². The van der Waals surface area contributed by atoms with Crippen LogP contribution in [0.2, 0.25) is 10.0 Å². The van der Waals surface area contributed by atoms with Gasteiger partial charge >= 0.3 is 11.9 Å². The van der Waals surface area contributed by atoms with Gasteiger partial charge in [0.05, 0.1) is 44.8 Å². The van der Waals surface area contributed by atoms with Crippen molar-refractivity contribution in [3.63, 3.8) is 0 Å². The Morgan fingerprint density at radius 1 is 1.16 bits per heavy atom. The summed E-state index contributed by atoms with van der Waals surface area (Å²) in [6.45, 7) is 1.14. The molecule has 1 aromatic heterocycles. The number of likely N-dealkylation sites (tertiary alicyclic amines) is 1. The van der Waals surface area contributed by atoms with Crippen molar-refractivity contribution in [3.8, 4) is 0 Å². The van der Waals surface area contributed by atoms with Crippen LogP contribution in [0.15, 0.2) is 38.8 Å². The molecule has 8 nitrogen and oxygen atoms in total. The largest absolute Gasteiger partial charge is 0.416 e. The molecule has 1 aliphatic rings. The Kier molecular flexibility index (Phi) is 7.52. The summed E-state index contributed by atoms with van der Waals surface area (Å²) < 4.78 is 67.8. The van der Waals surface area contributed by atoms with Crippen LogP contribution in [0.3, 0.4) is 0 Å². The van der Waals surface area contributed by atoms with Crippen LogP contribution < -0.4 is 11.2 Å². The van der Waals surface area contributed by atoms with Crippen LogP contribution in [-0.4, -0.2) is 52.9 Å². The molecule has 0 amide bonds. The van der Waals surface area contributed by atoms with Crippen LogP contribution in [0.4, 0.5) is 13.2 Å². The number of benzene rings is 2. The molecule has 0 radical (unpaired) electrons. The highest BCUT2D eigenvalue weighted by Crippen LogP contribution is 2.39. The molecule has 4 rings (SSSR count). The van der Waals surface area contributed by atoms with E-state index in [-0.39, 0.29) is 45.4 Å². The lowest BCUT2D eigenvalue weighted by Gasteiger charge is -2.21. The van der Waals surface area contributed by atoms with Crippen molar-refractivity contribution >= 4 is 43.9 Å². The number of H-pyrrole nitrogens is 1. The van der Waals surface area contributed by atoms with E-state index in [1.807, 2.05) is 0 Å². The average molecular weight is 580 g/mol. The second-order valence-electron chi connectivity index (χ2n) is 8.79. The van der Waals surface area contributed by atoms with E-state index in [0.29, 0.717) is 23.6 Å². The van der Waals surface area contributed by atoms with Crippen molar-refractivity contribution in [2.45, 2.75) is 43.6 Å². The number of nitrogens with one attached hydrogen (secondary N) is 1. The van der Waals surface area contributed by atoms with Crippen LogP contribution >= 0.6 is 23.2 Å². The Labute approximate surface area is 219 Å². The molecule has 1 fully saturated rings. The zero-order valence-electron chi connectivity index (χ0n) is 19.4. The first-order valence-electron chi connectivity index (χ1n) is 11.2. The van der Waals surface area contributed by atoms with E-state index in [0.717, 1.165) is 0 Å². The predicted octanol–water partition coefficient (Wildman–Crippen LogP) is 3.42. The Bertz CT molecular complexity index is 1600. The number of fused-ring (bicyclic) bond motifs is 1. The molecule has 0 aliphatic carbocycles. The molecule has 1 saturated heterocycles. The number of halogens is 5. The number of aromatic amines is 1. The quantitative estimate of drug-likeness (QED) is 0.462. The molecule has 2 heterocycles. The SMILES string of the molecule is CCS(=O)(=O)c1ccc(Cl)cc1Cn1c(=O)[nH]c2c(Cl)c(CN3CCC(O)C3)c(C(F)(F)F)cc2c1=O. The maximum Gasteiger partial charge on any atom is 0.416 e. The molecule has 3 aromatic rings. The van der Waals surface area contributed by atoms with Crippen molar-refractivity contribution in [3.05, 3.63) is 71.8 Å². The molecule has 14 heteroatoms. The number of sulfone groups is 1. The monoisotopic (exact) mass is 579 g/mol. The fraction of sp³-hybridized carbons (Fsp3) is 0.391. The summed E-state index contributed by atoms with van der Waals surface area (Å²) in [5.74, 6) is -0.258. The van der Waals surface area contributed by atoms with Gasteiger partial charge in [0.25, 0.3) is 5.56 Å². The fourth-order valence-corrected chi connectivity index (χ4v) is 6.04. The van der Waals surface area contributed by atoms with Gasteiger partial charge in [-0.1, -0.05) is 30.1 Å². The Hall–Kier alpha value is -2.38. The summed E-state index contributed by atoms with van der Waals surface area (Å²) in [4.78, 5) is 30.0. The van der Waals surface area contributed by atoms with Gasteiger partial charge in [0, 0.05) is 24.7 Å². The molecule has 1 atom stereocenters. The number of aliphatic hydroxyl groups is 1. The van der Waals surface area contributed by atoms with Gasteiger partial charge in [0.1, 0.15) is 0 Å². The normalized spacial score (nSPS) is 17.1. The van der Waals surface area contributed by atoms with E-state index in [1.54, 1.807) is 4.90 Å². The van der Waals surface area contributed by atoms with E-state index in [4.69, 9.17) is 23.2 Å². The van der Waals surface area contributed by atoms with E-state index in [1.165, 1.54) is 25.1 Å². The molecule has 200 valence electrons. The maximum absolute atomic E-state index is 14.0. The minimum absolute atomic E-state index is 0.0349. The van der Waals surface area contributed by atoms with Crippen LogP contribution in [0.25, 0.3) is 10.9 Å². The first-order valence-corrected chi connectivity index (χ1v) is 13.6. The lowest BCUT2D eigenvalue weighted by Crippen LogP contribution is -2.36. The molecule has 2 aromatic carbocycles. The summed E-state index contributed by atoms with van der Waals surface area (Å²) in [5.41, 5.74) is -3.75. The molecule has 0 saturated carbocycles. The van der Waals surface area contributed by atoms with Gasteiger partial charge in [-0.15, -0.1) is 0 Å². The van der Waals surface area contributed by atoms with Crippen molar-refractivity contribution < 1.29 is 26.7 Å². The first-order chi connectivity index (χ1) is 17.2. The Morgan fingerprint density at radius 2 is 1.86 bits per heavy atom. The molecular formula is C23H22Cl2F3N3O5S. The van der Waals surface area contributed by atoms with Gasteiger partial charge in [-0.3, -0.25) is 14.3 Å². The summed E-state index contributed by atoms with van der Waals surface area (Å²) in [6, 6.07) is 4.51. The van der Waals surface area contributed by atoms with Crippen LogP contribution in [0.5, 0.6) is 0 Å². The second kappa shape index (κ2) is 10.1. The predicted molar refractivity (Wildman–Crippen MR) is 133 cm³/mol. The highest BCUT2D eigenvalue weighted by Gasteiger charge is 2.37. The topological polar surface area (TPSA) is 112 Å². The van der Waals surface area contributed by atoms with Crippen molar-refractivity contribution in [1.82, 2.24) is 14.5 Å². The van der Waals surface area contributed by atoms with E-state index in [9.17, 15) is 36.3 Å². The third-order valence-corrected chi connectivity index (χ3v) is 8.80. The molecular weight excluding hydrogens is 558 g/mol. The standard InChI is InChI=1S/C23H22Cl2F3N3O5S/c1-2-37(35,36)18-4-3-13(24)7-12(18)9-31-21(33)15-8-17(23(26,27)28)16(11-30-6-5-14(32)10-30)19(25)20(15)29-22(31)34/h3-4,7-8,14,32H,2,5-6,9-11H2,1H3,(H,29,34). The van der Waals surface area contributed by atoms with Gasteiger partial charge < -0.3 is 10.1 Å². The minimum atomic E-state index is -4.87. The summed E-state index contributed by atoms with van der Waals surface area (Å²) in [7, 11) is -3.77. The Morgan fingerprint density at radius 3 is 2.46 bits per heavy atom. The zero-order valence-corrected chi connectivity index (χ0v) is 21.7. The number of aromatic nitrogens is 2. The highest BCUT2D eigenvalue weighted by molar-refractivity contribution is 7.91. The van der Waals surface area contributed by atoms with E-state index in [2.05, 4.69) is 4.98 Å². The second-order valence-corrected chi connectivity index (χ2v) is 11.9. The molecule has 0 bridgehead atoms.